The van der Waals surface area contributed by atoms with Gasteiger partial charge in [-0.1, -0.05) is 6.07 Å². The van der Waals surface area contributed by atoms with E-state index in [1.807, 2.05) is 0 Å². The Kier molecular flexibility index (Phi) is 3.37. The van der Waals surface area contributed by atoms with Gasteiger partial charge in [-0.05, 0) is 36.3 Å². The lowest BCUT2D eigenvalue weighted by molar-refractivity contribution is -0.137. The van der Waals surface area contributed by atoms with Gasteiger partial charge in [0.1, 0.15) is 0 Å². The molecule has 5 heteroatoms. The summed E-state index contributed by atoms with van der Waals surface area (Å²) in [7, 11) is 0. The molecule has 86 valence electrons. The van der Waals surface area contributed by atoms with Crippen LogP contribution in [0.3, 0.4) is 0 Å². The molecule has 0 radical (unpaired) electrons. The second kappa shape index (κ2) is 4.38. The number of carboxylic acids is 1. The number of halogens is 3. The Balaban J connectivity index is 3.14. The molecule has 0 spiro atoms. The molecule has 0 aliphatic rings. The lowest BCUT2D eigenvalue weighted by atomic mass is 10.0. The SMILES string of the molecule is Cc1ccc(C(F)(F)F)cc1C=CC(=O)O. The van der Waals surface area contributed by atoms with Crippen molar-refractivity contribution in [2.24, 2.45) is 0 Å². The predicted molar refractivity (Wildman–Crippen MR) is 52.9 cm³/mol. The van der Waals surface area contributed by atoms with Crippen LogP contribution in [0.1, 0.15) is 16.7 Å². The Morgan fingerprint density at radius 2 is 2.00 bits per heavy atom. The maximum atomic E-state index is 12.4. The molecule has 1 aromatic carbocycles. The lowest BCUT2D eigenvalue weighted by Gasteiger charge is -2.08. The van der Waals surface area contributed by atoms with Gasteiger partial charge in [-0.3, -0.25) is 0 Å². The average molecular weight is 230 g/mol. The van der Waals surface area contributed by atoms with E-state index in [1.54, 1.807) is 6.92 Å². The molecule has 16 heavy (non-hydrogen) atoms. The standard InChI is InChI=1S/C11H9F3O2/c1-7-2-4-9(11(12,13)14)6-8(7)3-5-10(15)16/h2-6H,1H3,(H,15,16). The van der Waals surface area contributed by atoms with E-state index in [-0.39, 0.29) is 5.56 Å². The molecule has 0 heterocycles. The van der Waals surface area contributed by atoms with Gasteiger partial charge in [0.05, 0.1) is 5.56 Å². The van der Waals surface area contributed by atoms with Crippen molar-refractivity contribution in [1.82, 2.24) is 0 Å². The van der Waals surface area contributed by atoms with E-state index in [0.717, 1.165) is 24.3 Å². The number of carboxylic acid groups (broad SMARTS) is 1. The van der Waals surface area contributed by atoms with Crippen LogP contribution in [0.4, 0.5) is 13.2 Å². The van der Waals surface area contributed by atoms with Crippen LogP contribution in [0.5, 0.6) is 0 Å². The minimum absolute atomic E-state index is 0.247. The fraction of sp³-hybridized carbons (Fsp3) is 0.182. The molecule has 0 saturated heterocycles. The number of rotatable bonds is 2. The van der Waals surface area contributed by atoms with Gasteiger partial charge in [0.15, 0.2) is 0 Å². The van der Waals surface area contributed by atoms with E-state index in [2.05, 4.69) is 0 Å². The van der Waals surface area contributed by atoms with Crippen molar-refractivity contribution >= 4 is 12.0 Å². The molecule has 0 aliphatic heterocycles. The number of aryl methyl sites for hydroxylation is 1. The van der Waals surface area contributed by atoms with Crippen LogP contribution in [-0.2, 0) is 11.0 Å². The Labute approximate surface area is 90.0 Å². The minimum atomic E-state index is -4.42. The van der Waals surface area contributed by atoms with Crippen molar-refractivity contribution < 1.29 is 23.1 Å². The molecule has 0 amide bonds. The van der Waals surface area contributed by atoms with E-state index >= 15 is 0 Å². The zero-order valence-electron chi connectivity index (χ0n) is 8.38. The maximum Gasteiger partial charge on any atom is 0.416 e. The Bertz CT molecular complexity index is 433. The summed E-state index contributed by atoms with van der Waals surface area (Å²) in [6.45, 7) is 1.61. The summed E-state index contributed by atoms with van der Waals surface area (Å²) in [5, 5.41) is 8.39. The largest absolute Gasteiger partial charge is 0.478 e. The zero-order chi connectivity index (χ0) is 12.3. The molecular formula is C11H9F3O2. The van der Waals surface area contributed by atoms with Crippen molar-refractivity contribution in [2.45, 2.75) is 13.1 Å². The summed E-state index contributed by atoms with van der Waals surface area (Å²) >= 11 is 0. The van der Waals surface area contributed by atoms with Gasteiger partial charge in [-0.15, -0.1) is 0 Å². The number of benzene rings is 1. The van der Waals surface area contributed by atoms with Gasteiger partial charge in [0.2, 0.25) is 0 Å². The summed E-state index contributed by atoms with van der Waals surface area (Å²) in [5.74, 6) is -1.20. The highest BCUT2D eigenvalue weighted by Gasteiger charge is 2.30. The highest BCUT2D eigenvalue weighted by Crippen LogP contribution is 2.30. The third-order valence-corrected chi connectivity index (χ3v) is 2.01. The molecule has 0 fully saturated rings. The Morgan fingerprint density at radius 1 is 1.38 bits per heavy atom. The first-order chi connectivity index (χ1) is 7.30. The number of alkyl halides is 3. The van der Waals surface area contributed by atoms with E-state index < -0.39 is 17.7 Å². The smallest absolute Gasteiger partial charge is 0.416 e. The van der Waals surface area contributed by atoms with Crippen molar-refractivity contribution in [3.8, 4) is 0 Å². The molecule has 1 rings (SSSR count). The van der Waals surface area contributed by atoms with E-state index in [9.17, 15) is 18.0 Å². The number of hydrogen-bond acceptors (Lipinski definition) is 1. The van der Waals surface area contributed by atoms with Crippen LogP contribution in [0.25, 0.3) is 6.08 Å². The van der Waals surface area contributed by atoms with Crippen LogP contribution in [0, 0.1) is 6.92 Å². The van der Waals surface area contributed by atoms with Gasteiger partial charge in [0.25, 0.3) is 0 Å². The van der Waals surface area contributed by atoms with Gasteiger partial charge in [-0.25, -0.2) is 4.79 Å². The summed E-state index contributed by atoms with van der Waals surface area (Å²) in [6.07, 6.45) is -2.46. The lowest BCUT2D eigenvalue weighted by Crippen LogP contribution is -2.05. The van der Waals surface area contributed by atoms with Crippen molar-refractivity contribution in [3.63, 3.8) is 0 Å². The van der Waals surface area contributed by atoms with E-state index in [1.165, 1.54) is 6.07 Å². The fourth-order valence-corrected chi connectivity index (χ4v) is 1.16. The third-order valence-electron chi connectivity index (χ3n) is 2.01. The first-order valence-corrected chi connectivity index (χ1v) is 4.39. The maximum absolute atomic E-state index is 12.4. The minimum Gasteiger partial charge on any atom is -0.478 e. The molecule has 0 atom stereocenters. The van der Waals surface area contributed by atoms with Crippen LogP contribution < -0.4 is 0 Å². The molecular weight excluding hydrogens is 221 g/mol. The van der Waals surface area contributed by atoms with E-state index in [4.69, 9.17) is 5.11 Å². The van der Waals surface area contributed by atoms with Gasteiger partial charge >= 0.3 is 12.1 Å². The fourth-order valence-electron chi connectivity index (χ4n) is 1.16. The zero-order valence-corrected chi connectivity index (χ0v) is 8.38. The molecule has 0 unspecified atom stereocenters. The number of carbonyl (C=O) groups is 1. The molecule has 2 nitrogen and oxygen atoms in total. The van der Waals surface area contributed by atoms with Crippen molar-refractivity contribution in [2.75, 3.05) is 0 Å². The molecule has 0 bridgehead atoms. The summed E-state index contributed by atoms with van der Waals surface area (Å²) < 4.78 is 37.1. The van der Waals surface area contributed by atoms with Crippen LogP contribution >= 0.6 is 0 Å². The van der Waals surface area contributed by atoms with Crippen LogP contribution in [0.2, 0.25) is 0 Å². The van der Waals surface area contributed by atoms with Gasteiger partial charge in [-0.2, -0.15) is 13.2 Å². The second-order valence-corrected chi connectivity index (χ2v) is 3.24. The normalized spacial score (nSPS) is 12.0. The number of aliphatic carboxylic acids is 1. The molecule has 1 N–H and O–H groups in total. The van der Waals surface area contributed by atoms with Crippen LogP contribution in [0.15, 0.2) is 24.3 Å². The monoisotopic (exact) mass is 230 g/mol. The topological polar surface area (TPSA) is 37.3 Å². The van der Waals surface area contributed by atoms with Crippen molar-refractivity contribution in [1.29, 1.82) is 0 Å². The Hall–Kier alpha value is -1.78. The Morgan fingerprint density at radius 3 is 2.50 bits per heavy atom. The molecule has 0 saturated carbocycles. The quantitative estimate of drug-likeness (QED) is 0.792. The summed E-state index contributed by atoms with van der Waals surface area (Å²) in [4.78, 5) is 10.3. The summed E-state index contributed by atoms with van der Waals surface area (Å²) in [6, 6.07) is 3.20. The van der Waals surface area contributed by atoms with E-state index in [0.29, 0.717) is 5.56 Å². The summed E-state index contributed by atoms with van der Waals surface area (Å²) in [5.41, 5.74) is 0.0471. The van der Waals surface area contributed by atoms with Gasteiger partial charge < -0.3 is 5.11 Å². The highest BCUT2D eigenvalue weighted by molar-refractivity contribution is 5.85. The predicted octanol–water partition coefficient (Wildman–Crippen LogP) is 3.11. The average Bonchev–Trinajstić information content (AvgIpc) is 2.14. The highest BCUT2D eigenvalue weighted by atomic mass is 19.4. The molecule has 0 aliphatic carbocycles. The molecule has 1 aromatic rings. The van der Waals surface area contributed by atoms with Crippen molar-refractivity contribution in [3.05, 3.63) is 41.0 Å². The first-order valence-electron chi connectivity index (χ1n) is 4.39. The van der Waals surface area contributed by atoms with Gasteiger partial charge in [0, 0.05) is 6.08 Å². The third kappa shape index (κ3) is 3.12. The van der Waals surface area contributed by atoms with Crippen LogP contribution in [-0.4, -0.2) is 11.1 Å². The first kappa shape index (κ1) is 12.3. The second-order valence-electron chi connectivity index (χ2n) is 3.24. The number of hydrogen-bond donors (Lipinski definition) is 1. The molecule has 0 aromatic heterocycles.